The Balaban J connectivity index is 1.95. The Bertz CT molecular complexity index is 691. The lowest BCUT2D eigenvalue weighted by Gasteiger charge is -2.16. The van der Waals surface area contributed by atoms with Gasteiger partial charge in [0, 0.05) is 11.8 Å². The van der Waals surface area contributed by atoms with Crippen LogP contribution in [0, 0.1) is 5.92 Å². The van der Waals surface area contributed by atoms with Gasteiger partial charge in [-0.1, -0.05) is 49.9 Å². The van der Waals surface area contributed by atoms with Crippen LogP contribution in [0.2, 0.25) is 0 Å². The monoisotopic (exact) mass is 381 g/mol. The number of carbonyl (C=O) groups is 1. The van der Waals surface area contributed by atoms with Crippen LogP contribution in [0.3, 0.4) is 0 Å². The number of nitrogens with one attached hydrogen (secondary N) is 1. The summed E-state index contributed by atoms with van der Waals surface area (Å²) in [6, 6.07) is 7.19. The van der Waals surface area contributed by atoms with E-state index in [-0.39, 0.29) is 5.91 Å². The van der Waals surface area contributed by atoms with E-state index in [1.54, 1.807) is 31.0 Å². The van der Waals surface area contributed by atoms with Gasteiger partial charge < -0.3 is 9.47 Å². The van der Waals surface area contributed by atoms with Crippen molar-refractivity contribution in [1.82, 2.24) is 10.2 Å². The predicted molar refractivity (Wildman–Crippen MR) is 102 cm³/mol. The lowest BCUT2D eigenvalue weighted by atomic mass is 10.2. The molecule has 0 bridgehead atoms. The average molecular weight is 382 g/mol. The van der Waals surface area contributed by atoms with Crippen LogP contribution in [0.4, 0.5) is 5.13 Å². The zero-order chi connectivity index (χ0) is 18.2. The number of amides is 1. The second-order valence-electron chi connectivity index (χ2n) is 5.76. The van der Waals surface area contributed by atoms with Gasteiger partial charge in [-0.15, -0.1) is 10.2 Å². The molecule has 0 saturated carbocycles. The topological polar surface area (TPSA) is 73.3 Å². The normalized spacial score (nSPS) is 12.0. The van der Waals surface area contributed by atoms with E-state index in [1.807, 2.05) is 19.1 Å². The van der Waals surface area contributed by atoms with Gasteiger partial charge in [0.25, 0.3) is 5.91 Å². The molecule has 1 amide bonds. The van der Waals surface area contributed by atoms with Crippen molar-refractivity contribution in [2.45, 2.75) is 37.6 Å². The zero-order valence-corrected chi connectivity index (χ0v) is 16.4. The summed E-state index contributed by atoms with van der Waals surface area (Å²) in [6.45, 7) is 6.20. The molecule has 0 aliphatic carbocycles. The number of hydrogen-bond donors (Lipinski definition) is 1. The third-order valence-corrected chi connectivity index (χ3v) is 5.56. The molecule has 1 atom stereocenters. The van der Waals surface area contributed by atoms with Gasteiger partial charge in [-0.25, -0.2) is 0 Å². The summed E-state index contributed by atoms with van der Waals surface area (Å²) in [7, 11) is 1.59. The number of methoxy groups -OCH3 is 1. The number of thioether (sulfide) groups is 1. The van der Waals surface area contributed by atoms with Gasteiger partial charge in [-0.05, 0) is 24.5 Å². The number of carbonyl (C=O) groups excluding carboxylic acids is 1. The van der Waals surface area contributed by atoms with Crippen molar-refractivity contribution in [2.75, 3.05) is 18.2 Å². The van der Waals surface area contributed by atoms with Crippen LogP contribution in [0.15, 0.2) is 28.6 Å². The maximum absolute atomic E-state index is 12.4. The predicted octanol–water partition coefficient (Wildman–Crippen LogP) is 4.09. The SMILES string of the molecule is CCC(Oc1cccc(OC)c1)C(=O)Nc1nnc(SCC(C)C)s1. The number of aromatic nitrogens is 2. The zero-order valence-electron chi connectivity index (χ0n) is 14.8. The molecule has 8 heteroatoms. The number of rotatable bonds is 9. The van der Waals surface area contributed by atoms with Crippen LogP contribution in [0.25, 0.3) is 0 Å². The summed E-state index contributed by atoms with van der Waals surface area (Å²) in [4.78, 5) is 12.4. The Morgan fingerprint density at radius 1 is 1.32 bits per heavy atom. The van der Waals surface area contributed by atoms with Crippen LogP contribution in [-0.4, -0.2) is 35.1 Å². The molecule has 0 fully saturated rings. The molecule has 1 heterocycles. The van der Waals surface area contributed by atoms with Gasteiger partial charge >= 0.3 is 0 Å². The highest BCUT2D eigenvalue weighted by Crippen LogP contribution is 2.27. The maximum Gasteiger partial charge on any atom is 0.267 e. The molecule has 1 N–H and O–H groups in total. The minimum absolute atomic E-state index is 0.234. The molecule has 136 valence electrons. The van der Waals surface area contributed by atoms with E-state index in [2.05, 4.69) is 29.4 Å². The summed E-state index contributed by atoms with van der Waals surface area (Å²) in [6.07, 6.45) is -0.0700. The highest BCUT2D eigenvalue weighted by Gasteiger charge is 2.20. The highest BCUT2D eigenvalue weighted by molar-refractivity contribution is 8.01. The molecule has 6 nitrogen and oxygen atoms in total. The first-order chi connectivity index (χ1) is 12.0. The van der Waals surface area contributed by atoms with Crippen molar-refractivity contribution in [3.63, 3.8) is 0 Å². The third-order valence-electron chi connectivity index (χ3n) is 3.16. The van der Waals surface area contributed by atoms with E-state index in [9.17, 15) is 4.79 Å². The number of ether oxygens (including phenoxy) is 2. The van der Waals surface area contributed by atoms with Gasteiger partial charge in [0.05, 0.1) is 7.11 Å². The molecular formula is C17H23N3O3S2. The van der Waals surface area contributed by atoms with Crippen molar-refractivity contribution in [2.24, 2.45) is 5.92 Å². The van der Waals surface area contributed by atoms with Crippen LogP contribution >= 0.6 is 23.1 Å². The van der Waals surface area contributed by atoms with E-state index in [0.717, 1.165) is 10.1 Å². The molecule has 2 rings (SSSR count). The lowest BCUT2D eigenvalue weighted by Crippen LogP contribution is -2.32. The first kappa shape index (κ1) is 19.5. The second-order valence-corrected chi connectivity index (χ2v) is 8.01. The standard InChI is InChI=1S/C17H23N3O3S2/c1-5-14(23-13-8-6-7-12(9-13)22-4)15(21)18-16-19-20-17(25-16)24-10-11(2)3/h6-9,11,14H,5,10H2,1-4H3,(H,18,19,21). The van der Waals surface area contributed by atoms with Crippen LogP contribution in [0.1, 0.15) is 27.2 Å². The number of nitrogens with zero attached hydrogens (tertiary/aromatic N) is 2. The lowest BCUT2D eigenvalue weighted by molar-refractivity contribution is -0.122. The van der Waals surface area contributed by atoms with Crippen molar-refractivity contribution in [1.29, 1.82) is 0 Å². The first-order valence-electron chi connectivity index (χ1n) is 8.09. The molecule has 0 spiro atoms. The van der Waals surface area contributed by atoms with E-state index < -0.39 is 6.10 Å². The van der Waals surface area contributed by atoms with E-state index in [4.69, 9.17) is 9.47 Å². The van der Waals surface area contributed by atoms with Crippen LogP contribution < -0.4 is 14.8 Å². The largest absolute Gasteiger partial charge is 0.497 e. The fourth-order valence-corrected chi connectivity index (χ4v) is 3.63. The smallest absolute Gasteiger partial charge is 0.267 e. The maximum atomic E-state index is 12.4. The van der Waals surface area contributed by atoms with E-state index in [0.29, 0.717) is 29.0 Å². The number of hydrogen-bond acceptors (Lipinski definition) is 7. The highest BCUT2D eigenvalue weighted by atomic mass is 32.2. The summed E-state index contributed by atoms with van der Waals surface area (Å²) in [5, 5.41) is 11.4. The number of benzene rings is 1. The van der Waals surface area contributed by atoms with Crippen LogP contribution in [0.5, 0.6) is 11.5 Å². The number of anilines is 1. The molecule has 0 aliphatic rings. The molecule has 1 unspecified atom stereocenters. The van der Waals surface area contributed by atoms with Crippen molar-refractivity contribution >= 4 is 34.1 Å². The van der Waals surface area contributed by atoms with Gasteiger partial charge in [0.2, 0.25) is 5.13 Å². The fraction of sp³-hybridized carbons (Fsp3) is 0.471. The molecular weight excluding hydrogens is 358 g/mol. The van der Waals surface area contributed by atoms with Gasteiger partial charge in [0.15, 0.2) is 10.4 Å². The Morgan fingerprint density at radius 3 is 2.76 bits per heavy atom. The van der Waals surface area contributed by atoms with Crippen molar-refractivity contribution in [3.8, 4) is 11.5 Å². The summed E-state index contributed by atoms with van der Waals surface area (Å²) < 4.78 is 11.8. The Hall–Kier alpha value is -1.80. The Kier molecular flexibility index (Phi) is 7.52. The molecule has 25 heavy (non-hydrogen) atoms. The molecule has 0 radical (unpaired) electrons. The van der Waals surface area contributed by atoms with Gasteiger partial charge in [-0.2, -0.15) is 0 Å². The quantitative estimate of drug-likeness (QED) is 0.521. The molecule has 0 aliphatic heterocycles. The summed E-state index contributed by atoms with van der Waals surface area (Å²) in [5.41, 5.74) is 0. The third kappa shape index (κ3) is 6.21. The van der Waals surface area contributed by atoms with E-state index in [1.165, 1.54) is 11.3 Å². The average Bonchev–Trinajstić information content (AvgIpc) is 3.05. The van der Waals surface area contributed by atoms with Crippen molar-refractivity contribution < 1.29 is 14.3 Å². The first-order valence-corrected chi connectivity index (χ1v) is 9.90. The minimum Gasteiger partial charge on any atom is -0.497 e. The second kappa shape index (κ2) is 9.62. The summed E-state index contributed by atoms with van der Waals surface area (Å²) in [5.74, 6) is 2.59. The van der Waals surface area contributed by atoms with Gasteiger partial charge in [-0.3, -0.25) is 10.1 Å². The summed E-state index contributed by atoms with van der Waals surface area (Å²) >= 11 is 3.02. The molecule has 0 saturated heterocycles. The van der Waals surface area contributed by atoms with Gasteiger partial charge in [0.1, 0.15) is 11.5 Å². The van der Waals surface area contributed by atoms with Crippen LogP contribution in [-0.2, 0) is 4.79 Å². The Labute approximate surface area is 156 Å². The Morgan fingerprint density at radius 2 is 2.08 bits per heavy atom. The fourth-order valence-electron chi connectivity index (χ4n) is 1.90. The van der Waals surface area contributed by atoms with E-state index >= 15 is 0 Å². The minimum atomic E-state index is -0.609. The molecule has 1 aromatic heterocycles. The molecule has 1 aromatic carbocycles. The van der Waals surface area contributed by atoms with Crippen molar-refractivity contribution in [3.05, 3.63) is 24.3 Å². The molecule has 2 aromatic rings.